The van der Waals surface area contributed by atoms with Crippen molar-refractivity contribution < 1.29 is 27.4 Å². The summed E-state index contributed by atoms with van der Waals surface area (Å²) in [4.78, 5) is 25.7. The molecule has 1 aromatic carbocycles. The quantitative estimate of drug-likeness (QED) is 0.339. The third kappa shape index (κ3) is 5.69. The van der Waals surface area contributed by atoms with E-state index >= 15 is 0 Å². The molecule has 0 saturated carbocycles. The number of carbonyl (C=O) groups is 1. The van der Waals surface area contributed by atoms with Crippen LogP contribution < -0.4 is 19.9 Å². The number of carbonyl (C=O) groups excluding carboxylic acids is 1. The van der Waals surface area contributed by atoms with Gasteiger partial charge in [-0.25, -0.2) is 9.50 Å². The first kappa shape index (κ1) is 27.8. The van der Waals surface area contributed by atoms with Gasteiger partial charge in [-0.2, -0.15) is 18.3 Å². The molecule has 4 aromatic rings. The zero-order valence-electron chi connectivity index (χ0n) is 23.1. The standard InChI is InChI=1S/C29H30F3N7O3/c1-18-3-4-19(28(40)35-21-12-20(13-33-14-21)29(30,31)32)11-25(18)42-23-16-38(17-23)24-15-34-39-10-7-26(36-27(24)39)37-8-5-22(41-2)6-9-37/h3-4,7,10-15,22-23H,5-6,8-9,16-17H2,1-2H3,(H,35,40). The summed E-state index contributed by atoms with van der Waals surface area (Å²) in [5, 5.41) is 6.95. The van der Waals surface area contributed by atoms with E-state index < -0.39 is 17.6 Å². The molecule has 5 heterocycles. The fraction of sp³-hybridized carbons (Fsp3) is 0.379. The summed E-state index contributed by atoms with van der Waals surface area (Å²) in [6.45, 7) is 4.86. The fourth-order valence-corrected chi connectivity index (χ4v) is 5.19. The zero-order chi connectivity index (χ0) is 29.4. The lowest BCUT2D eigenvalue weighted by molar-refractivity contribution is -0.137. The normalized spacial score (nSPS) is 16.5. The molecule has 0 atom stereocenters. The van der Waals surface area contributed by atoms with Crippen LogP contribution in [0.2, 0.25) is 0 Å². The van der Waals surface area contributed by atoms with Crippen LogP contribution >= 0.6 is 0 Å². The minimum atomic E-state index is -4.56. The van der Waals surface area contributed by atoms with E-state index in [2.05, 4.69) is 25.2 Å². The lowest BCUT2D eigenvalue weighted by atomic mass is 10.1. The van der Waals surface area contributed by atoms with Gasteiger partial charge < -0.3 is 24.6 Å². The highest BCUT2D eigenvalue weighted by Gasteiger charge is 2.33. The monoisotopic (exact) mass is 581 g/mol. The van der Waals surface area contributed by atoms with Crippen LogP contribution in [-0.2, 0) is 10.9 Å². The third-order valence-corrected chi connectivity index (χ3v) is 7.69. The second-order valence-corrected chi connectivity index (χ2v) is 10.5. The van der Waals surface area contributed by atoms with Gasteiger partial charge in [-0.1, -0.05) is 6.07 Å². The second-order valence-electron chi connectivity index (χ2n) is 10.5. The fourth-order valence-electron chi connectivity index (χ4n) is 5.19. The van der Waals surface area contributed by atoms with E-state index in [0.717, 1.165) is 54.7 Å². The van der Waals surface area contributed by atoms with E-state index in [4.69, 9.17) is 14.5 Å². The Morgan fingerprint density at radius 3 is 2.55 bits per heavy atom. The van der Waals surface area contributed by atoms with Crippen molar-refractivity contribution in [1.29, 1.82) is 0 Å². The van der Waals surface area contributed by atoms with E-state index in [0.29, 0.717) is 31.1 Å². The summed E-state index contributed by atoms with van der Waals surface area (Å²) in [6, 6.07) is 7.78. The molecule has 0 spiro atoms. The van der Waals surface area contributed by atoms with E-state index in [-0.39, 0.29) is 17.4 Å². The lowest BCUT2D eigenvalue weighted by Gasteiger charge is -2.40. The Labute approximate surface area is 240 Å². The number of hydrogen-bond acceptors (Lipinski definition) is 8. The van der Waals surface area contributed by atoms with Crippen molar-refractivity contribution in [1.82, 2.24) is 19.6 Å². The number of rotatable bonds is 7. The Morgan fingerprint density at radius 2 is 1.81 bits per heavy atom. The molecule has 3 aromatic heterocycles. The number of fused-ring (bicyclic) bond motifs is 1. The Morgan fingerprint density at radius 1 is 1.02 bits per heavy atom. The van der Waals surface area contributed by atoms with Crippen LogP contribution in [0.4, 0.5) is 30.4 Å². The summed E-state index contributed by atoms with van der Waals surface area (Å²) in [5.41, 5.74) is 1.81. The number of amides is 1. The lowest BCUT2D eigenvalue weighted by Crippen LogP contribution is -2.54. The number of ether oxygens (including phenoxy) is 2. The molecule has 2 aliphatic rings. The predicted molar refractivity (Wildman–Crippen MR) is 150 cm³/mol. The molecule has 2 aliphatic heterocycles. The van der Waals surface area contributed by atoms with Crippen molar-refractivity contribution in [2.45, 2.75) is 38.1 Å². The van der Waals surface area contributed by atoms with Crippen molar-refractivity contribution in [3.63, 3.8) is 0 Å². The maximum absolute atomic E-state index is 13.0. The molecule has 0 bridgehead atoms. The van der Waals surface area contributed by atoms with Crippen LogP contribution in [0.5, 0.6) is 5.75 Å². The Hall–Kier alpha value is -4.39. The molecule has 2 saturated heterocycles. The van der Waals surface area contributed by atoms with Crippen LogP contribution in [0, 0.1) is 6.92 Å². The maximum Gasteiger partial charge on any atom is 0.417 e. The predicted octanol–water partition coefficient (Wildman–Crippen LogP) is 4.59. The summed E-state index contributed by atoms with van der Waals surface area (Å²) in [5.74, 6) is 0.892. The number of aryl methyl sites for hydroxylation is 1. The van der Waals surface area contributed by atoms with Gasteiger partial charge in [0.2, 0.25) is 0 Å². The number of methoxy groups -OCH3 is 1. The van der Waals surface area contributed by atoms with Crippen LogP contribution in [0.15, 0.2) is 55.1 Å². The molecule has 13 heteroatoms. The van der Waals surface area contributed by atoms with Gasteiger partial charge >= 0.3 is 6.18 Å². The molecule has 0 radical (unpaired) electrons. The number of nitrogens with one attached hydrogen (secondary N) is 1. The first-order chi connectivity index (χ1) is 20.2. The molecule has 0 aliphatic carbocycles. The molecule has 1 amide bonds. The highest BCUT2D eigenvalue weighted by Crippen LogP contribution is 2.32. The van der Waals surface area contributed by atoms with Crippen molar-refractivity contribution in [3.8, 4) is 5.75 Å². The molecular weight excluding hydrogens is 551 g/mol. The van der Waals surface area contributed by atoms with Gasteiger partial charge in [0.25, 0.3) is 5.91 Å². The number of pyridine rings is 1. The van der Waals surface area contributed by atoms with Crippen molar-refractivity contribution in [2.24, 2.45) is 0 Å². The molecule has 1 N–H and O–H groups in total. The summed E-state index contributed by atoms with van der Waals surface area (Å²) < 4.78 is 52.5. The van der Waals surface area contributed by atoms with E-state index in [1.165, 1.54) is 6.20 Å². The van der Waals surface area contributed by atoms with E-state index in [1.54, 1.807) is 36.0 Å². The van der Waals surface area contributed by atoms with E-state index in [1.807, 2.05) is 19.2 Å². The van der Waals surface area contributed by atoms with Crippen LogP contribution in [0.1, 0.15) is 34.3 Å². The van der Waals surface area contributed by atoms with Gasteiger partial charge in [0.05, 0.1) is 42.8 Å². The van der Waals surface area contributed by atoms with Gasteiger partial charge in [0.1, 0.15) is 23.4 Å². The highest BCUT2D eigenvalue weighted by atomic mass is 19.4. The molecule has 220 valence electrons. The summed E-state index contributed by atoms with van der Waals surface area (Å²) in [7, 11) is 1.75. The van der Waals surface area contributed by atoms with Gasteiger partial charge in [-0.3, -0.25) is 9.78 Å². The average Bonchev–Trinajstić information content (AvgIpc) is 3.38. The molecular formula is C29H30F3N7O3. The Bertz CT molecular complexity index is 1600. The first-order valence-electron chi connectivity index (χ1n) is 13.7. The zero-order valence-corrected chi connectivity index (χ0v) is 23.1. The molecule has 2 fully saturated rings. The van der Waals surface area contributed by atoms with Gasteiger partial charge in [-0.05, 0) is 49.6 Å². The van der Waals surface area contributed by atoms with Crippen molar-refractivity contribution in [3.05, 3.63) is 71.8 Å². The van der Waals surface area contributed by atoms with Crippen LogP contribution in [-0.4, -0.2) is 71.0 Å². The highest BCUT2D eigenvalue weighted by molar-refractivity contribution is 6.04. The largest absolute Gasteiger partial charge is 0.486 e. The summed E-state index contributed by atoms with van der Waals surface area (Å²) >= 11 is 0. The topological polar surface area (TPSA) is 97.1 Å². The minimum absolute atomic E-state index is 0.0443. The number of halogens is 3. The number of hydrogen-bond donors (Lipinski definition) is 1. The number of benzene rings is 1. The first-order valence-corrected chi connectivity index (χ1v) is 13.7. The average molecular weight is 582 g/mol. The minimum Gasteiger partial charge on any atom is -0.486 e. The molecule has 0 unspecified atom stereocenters. The number of aromatic nitrogens is 4. The molecule has 10 nitrogen and oxygen atoms in total. The summed E-state index contributed by atoms with van der Waals surface area (Å²) in [6.07, 6.45) is 3.15. The SMILES string of the molecule is COC1CCN(c2ccn3ncc(N4CC(Oc5cc(C(=O)Nc6cncc(C(F)(F)F)c6)ccc5C)C4)c3n2)CC1. The van der Waals surface area contributed by atoms with Crippen molar-refractivity contribution in [2.75, 3.05) is 48.4 Å². The maximum atomic E-state index is 13.0. The number of piperidine rings is 1. The van der Waals surface area contributed by atoms with Crippen LogP contribution in [0.25, 0.3) is 5.65 Å². The number of alkyl halides is 3. The number of anilines is 3. The van der Waals surface area contributed by atoms with E-state index in [9.17, 15) is 18.0 Å². The van der Waals surface area contributed by atoms with Gasteiger partial charge in [0, 0.05) is 38.2 Å². The molecule has 42 heavy (non-hydrogen) atoms. The Kier molecular flexibility index (Phi) is 7.35. The van der Waals surface area contributed by atoms with Gasteiger partial charge in [0.15, 0.2) is 5.65 Å². The second kappa shape index (κ2) is 11.1. The van der Waals surface area contributed by atoms with Crippen molar-refractivity contribution >= 4 is 28.7 Å². The smallest absolute Gasteiger partial charge is 0.417 e. The number of nitrogens with zero attached hydrogens (tertiary/aromatic N) is 6. The van der Waals surface area contributed by atoms with Gasteiger partial charge in [-0.15, -0.1) is 0 Å². The van der Waals surface area contributed by atoms with Crippen LogP contribution in [0.3, 0.4) is 0 Å². The Balaban J connectivity index is 1.10. The third-order valence-electron chi connectivity index (χ3n) is 7.69. The molecule has 6 rings (SSSR count).